The lowest BCUT2D eigenvalue weighted by molar-refractivity contribution is 1.30. The topological polar surface area (TPSA) is 3.24 Å². The highest BCUT2D eigenvalue weighted by Gasteiger charge is 2.17. The van der Waals surface area contributed by atoms with Crippen molar-refractivity contribution in [2.75, 3.05) is 4.90 Å². The van der Waals surface area contributed by atoms with Gasteiger partial charge in [-0.1, -0.05) is 194 Å². The number of hydrogen-bond acceptors (Lipinski definition) is 1. The van der Waals surface area contributed by atoms with Gasteiger partial charge in [0.1, 0.15) is 0 Å². The molecule has 0 heterocycles. The maximum Gasteiger partial charge on any atom is 0.0540 e. The van der Waals surface area contributed by atoms with Crippen molar-refractivity contribution >= 4 is 38.6 Å². The van der Waals surface area contributed by atoms with Gasteiger partial charge in [-0.2, -0.15) is 0 Å². The first-order valence-electron chi connectivity index (χ1n) is 20.4. The molecule has 10 aromatic carbocycles. The van der Waals surface area contributed by atoms with Crippen LogP contribution in [0.3, 0.4) is 0 Å². The molecule has 0 spiro atoms. The van der Waals surface area contributed by atoms with Crippen LogP contribution in [0.1, 0.15) is 11.1 Å². The number of fused-ring (bicyclic) bond motifs is 2. The molecule has 0 atom stereocenters. The van der Waals surface area contributed by atoms with Crippen LogP contribution in [-0.4, -0.2) is 0 Å². The number of aryl methyl sites for hydroxylation is 2. The summed E-state index contributed by atoms with van der Waals surface area (Å²) in [6, 6.07) is 81.6. The molecule has 0 fully saturated rings. The summed E-state index contributed by atoms with van der Waals surface area (Å²) in [7, 11) is 0. The van der Waals surface area contributed by atoms with Crippen LogP contribution in [0.5, 0.6) is 0 Å². The molecule has 0 saturated carbocycles. The quantitative estimate of drug-likeness (QED) is 0.149. The Morgan fingerprint density at radius 1 is 0.288 bits per heavy atom. The molecule has 0 aliphatic rings. The maximum absolute atomic E-state index is 2.39. The zero-order valence-electron chi connectivity index (χ0n) is 33.3. The average molecular weight is 754 g/mol. The molecule has 0 amide bonds. The lowest BCUT2D eigenvalue weighted by Crippen LogP contribution is -2.10. The molecule has 0 aromatic heterocycles. The fourth-order valence-electron chi connectivity index (χ4n) is 8.78. The van der Waals surface area contributed by atoms with E-state index >= 15 is 0 Å². The number of anilines is 3. The van der Waals surface area contributed by atoms with Crippen LogP contribution in [0.25, 0.3) is 77.2 Å². The van der Waals surface area contributed by atoms with Crippen molar-refractivity contribution in [1.29, 1.82) is 0 Å². The van der Waals surface area contributed by atoms with E-state index in [1.165, 1.54) is 88.3 Å². The van der Waals surface area contributed by atoms with Gasteiger partial charge in [0.2, 0.25) is 0 Å². The highest BCUT2D eigenvalue weighted by molar-refractivity contribution is 6.07. The largest absolute Gasteiger partial charge is 0.310 e. The zero-order chi connectivity index (χ0) is 39.7. The van der Waals surface area contributed by atoms with Crippen molar-refractivity contribution in [2.24, 2.45) is 0 Å². The van der Waals surface area contributed by atoms with Gasteiger partial charge in [0.15, 0.2) is 0 Å². The van der Waals surface area contributed by atoms with E-state index < -0.39 is 0 Å². The highest BCUT2D eigenvalue weighted by atomic mass is 15.1. The van der Waals surface area contributed by atoms with Gasteiger partial charge in [0, 0.05) is 16.8 Å². The van der Waals surface area contributed by atoms with Crippen LogP contribution in [0.15, 0.2) is 224 Å². The second-order valence-electron chi connectivity index (χ2n) is 15.4. The Balaban J connectivity index is 1.01. The van der Waals surface area contributed by atoms with Crippen LogP contribution in [0, 0.1) is 13.8 Å². The van der Waals surface area contributed by atoms with E-state index in [4.69, 9.17) is 0 Å². The predicted octanol–water partition coefficient (Wildman–Crippen LogP) is 16.4. The molecule has 10 rings (SSSR count). The zero-order valence-corrected chi connectivity index (χ0v) is 33.3. The smallest absolute Gasteiger partial charge is 0.0540 e. The van der Waals surface area contributed by atoms with Crippen molar-refractivity contribution in [1.82, 2.24) is 0 Å². The van der Waals surface area contributed by atoms with E-state index in [1.807, 2.05) is 0 Å². The summed E-state index contributed by atoms with van der Waals surface area (Å²) < 4.78 is 0. The fourth-order valence-corrected chi connectivity index (χ4v) is 8.78. The van der Waals surface area contributed by atoms with E-state index in [2.05, 4.69) is 243 Å². The summed E-state index contributed by atoms with van der Waals surface area (Å²) in [6.07, 6.45) is 0. The molecule has 0 aliphatic carbocycles. The van der Waals surface area contributed by atoms with Gasteiger partial charge in [-0.15, -0.1) is 0 Å². The Morgan fingerprint density at radius 2 is 0.712 bits per heavy atom. The molecule has 0 radical (unpaired) electrons. The molecule has 0 N–H and O–H groups in total. The number of rotatable bonds is 8. The van der Waals surface area contributed by atoms with E-state index in [-0.39, 0.29) is 0 Å². The van der Waals surface area contributed by atoms with Crippen LogP contribution in [-0.2, 0) is 0 Å². The van der Waals surface area contributed by atoms with Crippen molar-refractivity contribution < 1.29 is 0 Å². The third-order valence-corrected chi connectivity index (χ3v) is 11.7. The second-order valence-corrected chi connectivity index (χ2v) is 15.4. The van der Waals surface area contributed by atoms with Gasteiger partial charge in [-0.05, 0) is 127 Å². The normalized spacial score (nSPS) is 11.2. The third kappa shape index (κ3) is 6.88. The van der Waals surface area contributed by atoms with Gasteiger partial charge >= 0.3 is 0 Å². The van der Waals surface area contributed by atoms with Crippen LogP contribution in [0.4, 0.5) is 17.1 Å². The summed E-state index contributed by atoms with van der Waals surface area (Å²) >= 11 is 0. The van der Waals surface area contributed by atoms with Gasteiger partial charge in [-0.3, -0.25) is 0 Å². The standard InChI is InChI=1S/C58H43N/c1-40-38-48(42-14-5-3-6-15-42)30-36-52(40)53-37-31-49(39-41(53)2)43-26-32-50(33-27-43)59(57-25-13-19-44-18-9-10-22-54(44)57)51-34-28-46(29-35-51)56-24-12-21-47-20-11-23-55(58(47)56)45-16-7-4-8-17-45/h3-39H,1-2H3. The van der Waals surface area contributed by atoms with Gasteiger partial charge < -0.3 is 4.90 Å². The summed E-state index contributed by atoms with van der Waals surface area (Å²) in [5.74, 6) is 0. The minimum absolute atomic E-state index is 1.11. The van der Waals surface area contributed by atoms with E-state index in [0.29, 0.717) is 0 Å². The van der Waals surface area contributed by atoms with E-state index in [0.717, 1.165) is 17.1 Å². The van der Waals surface area contributed by atoms with Crippen molar-refractivity contribution in [2.45, 2.75) is 13.8 Å². The van der Waals surface area contributed by atoms with Crippen LogP contribution >= 0.6 is 0 Å². The Hall–Kier alpha value is -7.48. The third-order valence-electron chi connectivity index (χ3n) is 11.7. The number of hydrogen-bond donors (Lipinski definition) is 0. The van der Waals surface area contributed by atoms with Gasteiger partial charge in [0.05, 0.1) is 5.69 Å². The highest BCUT2D eigenvalue weighted by Crippen LogP contribution is 2.42. The summed E-state index contributed by atoms with van der Waals surface area (Å²) in [5.41, 5.74) is 18.2. The molecular formula is C58H43N. The Morgan fingerprint density at radius 3 is 1.29 bits per heavy atom. The SMILES string of the molecule is Cc1cc(-c2ccccc2)ccc1-c1ccc(-c2ccc(N(c3ccc(-c4cccc5cccc(-c6ccccc6)c45)cc3)c3cccc4ccccc34)cc2)cc1C. The molecule has 0 bridgehead atoms. The Bertz CT molecular complexity index is 3080. The average Bonchev–Trinajstić information content (AvgIpc) is 3.30. The molecule has 280 valence electrons. The molecule has 59 heavy (non-hydrogen) atoms. The monoisotopic (exact) mass is 753 g/mol. The Labute approximate surface area is 347 Å². The van der Waals surface area contributed by atoms with Crippen molar-refractivity contribution in [3.63, 3.8) is 0 Å². The van der Waals surface area contributed by atoms with Crippen molar-refractivity contribution in [3.8, 4) is 55.6 Å². The van der Waals surface area contributed by atoms with Crippen molar-refractivity contribution in [3.05, 3.63) is 236 Å². The summed E-state index contributed by atoms with van der Waals surface area (Å²) in [5, 5.41) is 4.94. The first kappa shape index (κ1) is 35.9. The first-order chi connectivity index (χ1) is 29.1. The minimum Gasteiger partial charge on any atom is -0.310 e. The molecule has 1 heteroatoms. The number of nitrogens with zero attached hydrogens (tertiary/aromatic N) is 1. The van der Waals surface area contributed by atoms with Crippen LogP contribution < -0.4 is 4.90 Å². The first-order valence-corrected chi connectivity index (χ1v) is 20.4. The molecule has 0 saturated heterocycles. The second kappa shape index (κ2) is 15.5. The molecule has 1 nitrogen and oxygen atoms in total. The van der Waals surface area contributed by atoms with Crippen LogP contribution in [0.2, 0.25) is 0 Å². The molecular weight excluding hydrogens is 711 g/mol. The van der Waals surface area contributed by atoms with E-state index in [1.54, 1.807) is 0 Å². The Kier molecular flexibility index (Phi) is 9.41. The molecule has 0 unspecified atom stereocenters. The predicted molar refractivity (Wildman–Crippen MR) is 253 cm³/mol. The van der Waals surface area contributed by atoms with Gasteiger partial charge in [-0.25, -0.2) is 0 Å². The molecule has 0 aliphatic heterocycles. The lowest BCUT2D eigenvalue weighted by atomic mass is 9.91. The van der Waals surface area contributed by atoms with Gasteiger partial charge in [0.25, 0.3) is 0 Å². The maximum atomic E-state index is 2.39. The lowest BCUT2D eigenvalue weighted by Gasteiger charge is -2.27. The number of benzene rings is 10. The fraction of sp³-hybridized carbons (Fsp3) is 0.0345. The summed E-state index contributed by atoms with van der Waals surface area (Å²) in [4.78, 5) is 2.39. The minimum atomic E-state index is 1.11. The van der Waals surface area contributed by atoms with E-state index in [9.17, 15) is 0 Å². The summed E-state index contributed by atoms with van der Waals surface area (Å²) in [6.45, 7) is 4.44. The molecule has 10 aromatic rings.